The highest BCUT2D eigenvalue weighted by atomic mass is 16.6. The number of ether oxygens (including phenoxy) is 1. The number of ketones is 1. The summed E-state index contributed by atoms with van der Waals surface area (Å²) in [5.74, 6) is 0.145. The zero-order chi connectivity index (χ0) is 18.6. The minimum absolute atomic E-state index is 0.00944. The van der Waals surface area contributed by atoms with Crippen molar-refractivity contribution in [2.75, 3.05) is 0 Å². The lowest BCUT2D eigenvalue weighted by Crippen LogP contribution is -2.55. The largest absolute Gasteiger partial charge is 0.445 e. The van der Waals surface area contributed by atoms with E-state index in [1.807, 2.05) is 35.2 Å². The third kappa shape index (κ3) is 3.84. The summed E-state index contributed by atoms with van der Waals surface area (Å²) >= 11 is 0. The first-order valence-electron chi connectivity index (χ1n) is 9.52. The van der Waals surface area contributed by atoms with Crippen LogP contribution in [0.15, 0.2) is 48.8 Å². The number of nitrogens with zero attached hydrogens (tertiary/aromatic N) is 3. The normalized spacial score (nSPS) is 24.3. The van der Waals surface area contributed by atoms with Gasteiger partial charge in [0.05, 0.1) is 0 Å². The Bertz CT molecular complexity index is 783. The molecule has 2 aliphatic heterocycles. The van der Waals surface area contributed by atoms with Gasteiger partial charge in [-0.2, -0.15) is 0 Å². The molecule has 2 atom stereocenters. The lowest BCUT2D eigenvalue weighted by atomic mass is 9.77. The summed E-state index contributed by atoms with van der Waals surface area (Å²) in [4.78, 5) is 35.6. The fraction of sp³-hybridized carbons (Fsp3) is 0.429. The zero-order valence-electron chi connectivity index (χ0n) is 15.2. The van der Waals surface area contributed by atoms with E-state index in [1.165, 1.54) is 0 Å². The topological polar surface area (TPSA) is 72.4 Å². The van der Waals surface area contributed by atoms with Gasteiger partial charge in [0.15, 0.2) is 5.82 Å². The molecule has 0 N–H and O–H groups in total. The van der Waals surface area contributed by atoms with Crippen LogP contribution in [0, 0.1) is 5.92 Å². The minimum atomic E-state index is -0.268. The predicted molar refractivity (Wildman–Crippen MR) is 99.0 cm³/mol. The molecule has 6 heteroatoms. The Morgan fingerprint density at radius 1 is 1.00 bits per heavy atom. The number of rotatable bonds is 4. The molecular formula is C21H23N3O3. The second kappa shape index (κ2) is 7.86. The van der Waals surface area contributed by atoms with Crippen LogP contribution in [0.2, 0.25) is 0 Å². The van der Waals surface area contributed by atoms with Crippen LogP contribution < -0.4 is 0 Å². The second-order valence-corrected chi connectivity index (χ2v) is 7.29. The van der Waals surface area contributed by atoms with E-state index in [9.17, 15) is 9.59 Å². The van der Waals surface area contributed by atoms with E-state index in [2.05, 4.69) is 9.97 Å². The molecule has 2 fully saturated rings. The molecule has 0 saturated carbocycles. The van der Waals surface area contributed by atoms with Crippen LogP contribution in [0.5, 0.6) is 0 Å². The number of carbonyl (C=O) groups excluding carboxylic acids is 2. The van der Waals surface area contributed by atoms with Crippen LogP contribution in [0.4, 0.5) is 4.79 Å². The van der Waals surface area contributed by atoms with Crippen LogP contribution in [0.1, 0.15) is 48.3 Å². The predicted octanol–water partition coefficient (Wildman–Crippen LogP) is 3.63. The number of benzene rings is 1. The summed E-state index contributed by atoms with van der Waals surface area (Å²) in [7, 11) is 0. The van der Waals surface area contributed by atoms with Crippen molar-refractivity contribution in [2.24, 2.45) is 5.92 Å². The number of amides is 1. The Balaban J connectivity index is 1.42. The molecule has 2 bridgehead atoms. The molecule has 140 valence electrons. The molecule has 2 saturated heterocycles. The van der Waals surface area contributed by atoms with Gasteiger partial charge in [-0.1, -0.05) is 30.3 Å². The van der Waals surface area contributed by atoms with Gasteiger partial charge in [0.1, 0.15) is 6.61 Å². The Hall–Kier alpha value is -2.76. The molecule has 1 amide bonds. The molecule has 1 aromatic heterocycles. The van der Waals surface area contributed by atoms with Gasteiger partial charge in [-0.15, -0.1) is 0 Å². The number of hydrogen-bond acceptors (Lipinski definition) is 5. The Morgan fingerprint density at radius 2 is 1.67 bits per heavy atom. The van der Waals surface area contributed by atoms with E-state index in [0.717, 1.165) is 24.8 Å². The Labute approximate surface area is 158 Å². The molecule has 2 unspecified atom stereocenters. The van der Waals surface area contributed by atoms with E-state index >= 15 is 0 Å². The Morgan fingerprint density at radius 3 is 2.33 bits per heavy atom. The van der Waals surface area contributed by atoms with Gasteiger partial charge in [0.2, 0.25) is 5.78 Å². The summed E-state index contributed by atoms with van der Waals surface area (Å²) < 4.78 is 5.56. The molecular weight excluding hydrogens is 342 g/mol. The molecule has 27 heavy (non-hydrogen) atoms. The number of carbonyl (C=O) groups is 2. The SMILES string of the molecule is O=C(c1ncccn1)C1CC2CCCC(C1)N2C(=O)OCc1ccccc1. The third-order valence-electron chi connectivity index (χ3n) is 5.55. The first-order chi connectivity index (χ1) is 13.2. The summed E-state index contributed by atoms with van der Waals surface area (Å²) in [6.07, 6.45) is 7.15. The van der Waals surface area contributed by atoms with Crippen LogP contribution in [0.25, 0.3) is 0 Å². The lowest BCUT2D eigenvalue weighted by Gasteiger charge is -2.47. The van der Waals surface area contributed by atoms with Crippen molar-refractivity contribution in [1.82, 2.24) is 14.9 Å². The number of aromatic nitrogens is 2. The summed E-state index contributed by atoms with van der Waals surface area (Å²) in [6.45, 7) is 0.274. The van der Waals surface area contributed by atoms with Crippen molar-refractivity contribution >= 4 is 11.9 Å². The van der Waals surface area contributed by atoms with Gasteiger partial charge in [-0.25, -0.2) is 14.8 Å². The van der Waals surface area contributed by atoms with Gasteiger partial charge in [0.25, 0.3) is 0 Å². The fourth-order valence-corrected chi connectivity index (χ4v) is 4.30. The van der Waals surface area contributed by atoms with Crippen molar-refractivity contribution in [2.45, 2.75) is 50.8 Å². The lowest BCUT2D eigenvalue weighted by molar-refractivity contribution is 0.00453. The molecule has 4 rings (SSSR count). The van der Waals surface area contributed by atoms with Crippen molar-refractivity contribution in [1.29, 1.82) is 0 Å². The van der Waals surface area contributed by atoms with Crippen molar-refractivity contribution < 1.29 is 14.3 Å². The van der Waals surface area contributed by atoms with E-state index in [1.54, 1.807) is 18.5 Å². The monoisotopic (exact) mass is 365 g/mol. The highest BCUT2D eigenvalue weighted by Gasteiger charge is 2.44. The maximum absolute atomic E-state index is 12.8. The smallest absolute Gasteiger partial charge is 0.410 e. The van der Waals surface area contributed by atoms with Gasteiger partial charge < -0.3 is 9.64 Å². The second-order valence-electron chi connectivity index (χ2n) is 7.29. The maximum Gasteiger partial charge on any atom is 0.410 e. The van der Waals surface area contributed by atoms with E-state index < -0.39 is 0 Å². The number of Topliss-reactive ketones (excluding diaryl/α,β-unsaturated/α-hetero) is 1. The summed E-state index contributed by atoms with van der Waals surface area (Å²) in [6, 6.07) is 11.5. The Kier molecular flexibility index (Phi) is 5.14. The van der Waals surface area contributed by atoms with Crippen LogP contribution in [-0.4, -0.2) is 38.8 Å². The van der Waals surface area contributed by atoms with E-state index in [4.69, 9.17) is 4.74 Å². The van der Waals surface area contributed by atoms with E-state index in [-0.39, 0.29) is 42.3 Å². The van der Waals surface area contributed by atoms with E-state index in [0.29, 0.717) is 12.8 Å². The number of hydrogen-bond donors (Lipinski definition) is 0. The van der Waals surface area contributed by atoms with Gasteiger partial charge in [-0.05, 0) is 43.7 Å². The molecule has 0 aliphatic carbocycles. The highest BCUT2D eigenvalue weighted by molar-refractivity contribution is 5.94. The van der Waals surface area contributed by atoms with Crippen LogP contribution in [-0.2, 0) is 11.3 Å². The molecule has 0 spiro atoms. The number of piperidine rings is 2. The van der Waals surface area contributed by atoms with Gasteiger partial charge in [0, 0.05) is 30.4 Å². The summed E-state index contributed by atoms with van der Waals surface area (Å²) in [5, 5.41) is 0. The fourth-order valence-electron chi connectivity index (χ4n) is 4.30. The number of fused-ring (bicyclic) bond motifs is 2. The summed E-state index contributed by atoms with van der Waals surface area (Å²) in [5.41, 5.74) is 0.974. The molecule has 6 nitrogen and oxygen atoms in total. The van der Waals surface area contributed by atoms with Crippen LogP contribution >= 0.6 is 0 Å². The average molecular weight is 365 g/mol. The first kappa shape index (κ1) is 17.6. The first-order valence-corrected chi connectivity index (χ1v) is 9.52. The van der Waals surface area contributed by atoms with Crippen molar-refractivity contribution in [3.63, 3.8) is 0 Å². The average Bonchev–Trinajstić information content (AvgIpc) is 2.72. The zero-order valence-corrected chi connectivity index (χ0v) is 15.2. The van der Waals surface area contributed by atoms with Gasteiger partial charge in [-0.3, -0.25) is 4.79 Å². The third-order valence-corrected chi connectivity index (χ3v) is 5.55. The molecule has 0 radical (unpaired) electrons. The molecule has 2 aromatic rings. The highest BCUT2D eigenvalue weighted by Crippen LogP contribution is 2.38. The van der Waals surface area contributed by atoms with Crippen molar-refractivity contribution in [3.05, 3.63) is 60.2 Å². The standard InChI is InChI=1S/C21H23N3O3/c25-19(20-22-10-5-11-23-20)16-12-17-8-4-9-18(13-16)24(17)21(26)27-14-15-6-2-1-3-7-15/h1-3,5-7,10-11,16-18H,4,8-9,12-14H2. The molecule has 2 aliphatic rings. The molecule has 3 heterocycles. The molecule has 1 aromatic carbocycles. The maximum atomic E-state index is 12.8. The quantitative estimate of drug-likeness (QED) is 0.774. The van der Waals surface area contributed by atoms with Crippen LogP contribution in [0.3, 0.4) is 0 Å². The van der Waals surface area contributed by atoms with Gasteiger partial charge >= 0.3 is 6.09 Å². The minimum Gasteiger partial charge on any atom is -0.445 e. The van der Waals surface area contributed by atoms with Crippen molar-refractivity contribution in [3.8, 4) is 0 Å².